The molecule has 108 valence electrons. The highest BCUT2D eigenvalue weighted by Gasteiger charge is 2.30. The minimum absolute atomic E-state index is 0.0631. The second kappa shape index (κ2) is 5.94. The van der Waals surface area contributed by atoms with Crippen molar-refractivity contribution < 1.29 is 14.7 Å². The highest BCUT2D eigenvalue weighted by Crippen LogP contribution is 2.31. The van der Waals surface area contributed by atoms with Gasteiger partial charge in [0.05, 0.1) is 0 Å². The average Bonchev–Trinajstić information content (AvgIpc) is 2.72. The van der Waals surface area contributed by atoms with Crippen molar-refractivity contribution in [2.45, 2.75) is 45.2 Å². The first kappa shape index (κ1) is 14.4. The lowest BCUT2D eigenvalue weighted by Gasteiger charge is -2.25. The Morgan fingerprint density at radius 1 is 1.45 bits per heavy atom. The van der Waals surface area contributed by atoms with Gasteiger partial charge in [0.25, 0.3) is 0 Å². The third-order valence-electron chi connectivity index (χ3n) is 3.59. The molecule has 0 fully saturated rings. The summed E-state index contributed by atoms with van der Waals surface area (Å²) >= 11 is 0. The van der Waals surface area contributed by atoms with Crippen LogP contribution in [0.3, 0.4) is 0 Å². The molecule has 5 heteroatoms. The van der Waals surface area contributed by atoms with Gasteiger partial charge in [0.15, 0.2) is 0 Å². The van der Waals surface area contributed by atoms with E-state index >= 15 is 0 Å². The van der Waals surface area contributed by atoms with Gasteiger partial charge in [-0.3, -0.25) is 9.69 Å². The number of carbonyl (C=O) groups excluding carboxylic acids is 1. The summed E-state index contributed by atoms with van der Waals surface area (Å²) in [4.78, 5) is 24.6. The van der Waals surface area contributed by atoms with E-state index in [1.165, 1.54) is 5.56 Å². The number of hydrogen-bond acceptors (Lipinski definition) is 2. The number of para-hydroxylation sites is 1. The summed E-state index contributed by atoms with van der Waals surface area (Å²) in [5, 5.41) is 11.5. The molecular weight excluding hydrogens is 256 g/mol. The van der Waals surface area contributed by atoms with Crippen molar-refractivity contribution in [1.82, 2.24) is 5.32 Å². The van der Waals surface area contributed by atoms with Crippen LogP contribution < -0.4 is 10.2 Å². The monoisotopic (exact) mass is 276 g/mol. The summed E-state index contributed by atoms with van der Waals surface area (Å²) in [6.07, 6.45) is 1.35. The van der Waals surface area contributed by atoms with Crippen LogP contribution in [0.4, 0.5) is 10.5 Å². The first-order valence-electron chi connectivity index (χ1n) is 6.88. The Labute approximate surface area is 118 Å². The van der Waals surface area contributed by atoms with E-state index in [1.54, 1.807) is 4.90 Å². The normalized spacial score (nSPS) is 18.5. The fourth-order valence-electron chi connectivity index (χ4n) is 2.57. The molecule has 0 aromatic heterocycles. The molecule has 0 radical (unpaired) electrons. The minimum atomic E-state index is -0.842. The Kier molecular flexibility index (Phi) is 4.27. The number of hydrogen-bond donors (Lipinski definition) is 2. The summed E-state index contributed by atoms with van der Waals surface area (Å²) in [5.41, 5.74) is 2.12. The first-order valence-corrected chi connectivity index (χ1v) is 6.88. The van der Waals surface area contributed by atoms with Crippen molar-refractivity contribution >= 4 is 17.7 Å². The van der Waals surface area contributed by atoms with Crippen LogP contribution in [0.2, 0.25) is 0 Å². The van der Waals surface area contributed by atoms with E-state index in [0.29, 0.717) is 6.42 Å². The molecule has 0 aliphatic carbocycles. The maximum atomic E-state index is 12.3. The number of carboxylic acid groups (broad SMARTS) is 1. The average molecular weight is 276 g/mol. The van der Waals surface area contributed by atoms with Crippen LogP contribution in [0.1, 0.15) is 32.3 Å². The standard InChI is InChI=1S/C15H20N2O3/c1-10(7-8-14(18)19)16-15(20)17-11(2)9-12-5-3-4-6-13(12)17/h3-6,10-11H,7-9H2,1-2H3,(H,16,20)(H,18,19). The molecule has 0 spiro atoms. The van der Waals surface area contributed by atoms with Gasteiger partial charge in [-0.15, -0.1) is 0 Å². The number of nitrogens with one attached hydrogen (secondary N) is 1. The Bertz CT molecular complexity index is 516. The van der Waals surface area contributed by atoms with Gasteiger partial charge >= 0.3 is 12.0 Å². The van der Waals surface area contributed by atoms with Crippen molar-refractivity contribution in [3.05, 3.63) is 29.8 Å². The summed E-state index contributed by atoms with van der Waals surface area (Å²) < 4.78 is 0. The van der Waals surface area contributed by atoms with Crippen molar-refractivity contribution in [2.75, 3.05) is 4.90 Å². The highest BCUT2D eigenvalue weighted by atomic mass is 16.4. The number of aliphatic carboxylic acids is 1. The molecule has 1 aliphatic rings. The van der Waals surface area contributed by atoms with Crippen molar-refractivity contribution in [3.8, 4) is 0 Å². The lowest BCUT2D eigenvalue weighted by atomic mass is 10.1. The predicted octanol–water partition coefficient (Wildman–Crippen LogP) is 2.40. The molecule has 0 saturated carbocycles. The predicted molar refractivity (Wildman–Crippen MR) is 77.0 cm³/mol. The Morgan fingerprint density at radius 2 is 2.15 bits per heavy atom. The molecule has 5 nitrogen and oxygen atoms in total. The third kappa shape index (κ3) is 3.10. The van der Waals surface area contributed by atoms with Gasteiger partial charge in [0.2, 0.25) is 0 Å². The summed E-state index contributed by atoms with van der Waals surface area (Å²) in [6.45, 7) is 3.84. The number of nitrogens with zero attached hydrogens (tertiary/aromatic N) is 1. The number of carboxylic acids is 1. The van der Waals surface area contributed by atoms with Gasteiger partial charge in [-0.2, -0.15) is 0 Å². The van der Waals surface area contributed by atoms with E-state index in [9.17, 15) is 9.59 Å². The van der Waals surface area contributed by atoms with Crippen LogP contribution in [0.25, 0.3) is 0 Å². The molecule has 2 N–H and O–H groups in total. The Balaban J connectivity index is 2.01. The lowest BCUT2D eigenvalue weighted by Crippen LogP contribution is -2.46. The molecule has 2 rings (SSSR count). The maximum absolute atomic E-state index is 12.3. The fraction of sp³-hybridized carbons (Fsp3) is 0.467. The molecule has 1 heterocycles. The molecular formula is C15H20N2O3. The molecule has 2 atom stereocenters. The van der Waals surface area contributed by atoms with Crippen molar-refractivity contribution in [3.63, 3.8) is 0 Å². The zero-order chi connectivity index (χ0) is 14.7. The van der Waals surface area contributed by atoms with E-state index in [-0.39, 0.29) is 24.5 Å². The molecule has 1 aliphatic heterocycles. The van der Waals surface area contributed by atoms with Gasteiger partial charge in [0, 0.05) is 24.2 Å². The van der Waals surface area contributed by atoms with Gasteiger partial charge < -0.3 is 10.4 Å². The largest absolute Gasteiger partial charge is 0.481 e. The first-order chi connectivity index (χ1) is 9.49. The summed E-state index contributed by atoms with van der Waals surface area (Å²) in [5.74, 6) is -0.842. The van der Waals surface area contributed by atoms with Crippen LogP contribution in [-0.4, -0.2) is 29.2 Å². The second-order valence-corrected chi connectivity index (χ2v) is 5.33. The number of benzene rings is 1. The van der Waals surface area contributed by atoms with E-state index < -0.39 is 5.97 Å². The topological polar surface area (TPSA) is 69.6 Å². The molecule has 2 amide bonds. The molecule has 20 heavy (non-hydrogen) atoms. The van der Waals surface area contributed by atoms with Gasteiger partial charge in [-0.05, 0) is 38.3 Å². The number of urea groups is 1. The maximum Gasteiger partial charge on any atom is 0.322 e. The van der Waals surface area contributed by atoms with Crippen LogP contribution in [0, 0.1) is 0 Å². The van der Waals surface area contributed by atoms with Gasteiger partial charge in [-0.1, -0.05) is 18.2 Å². The number of fused-ring (bicyclic) bond motifs is 1. The molecule has 1 aromatic rings. The van der Waals surface area contributed by atoms with E-state index in [2.05, 4.69) is 5.32 Å². The van der Waals surface area contributed by atoms with Crippen molar-refractivity contribution in [1.29, 1.82) is 0 Å². The Morgan fingerprint density at radius 3 is 2.85 bits per heavy atom. The van der Waals surface area contributed by atoms with E-state index in [0.717, 1.165) is 12.1 Å². The number of amides is 2. The SMILES string of the molecule is CC(CCC(=O)O)NC(=O)N1c2ccccc2CC1C. The molecule has 1 aromatic carbocycles. The van der Waals surface area contributed by atoms with Gasteiger partial charge in [0.1, 0.15) is 0 Å². The smallest absolute Gasteiger partial charge is 0.322 e. The lowest BCUT2D eigenvalue weighted by molar-refractivity contribution is -0.137. The van der Waals surface area contributed by atoms with Crippen LogP contribution >= 0.6 is 0 Å². The number of carbonyl (C=O) groups is 2. The van der Waals surface area contributed by atoms with E-state index in [1.807, 2.05) is 38.1 Å². The number of rotatable bonds is 4. The minimum Gasteiger partial charge on any atom is -0.481 e. The Hall–Kier alpha value is -2.04. The third-order valence-corrected chi connectivity index (χ3v) is 3.59. The number of anilines is 1. The highest BCUT2D eigenvalue weighted by molar-refractivity contribution is 5.95. The van der Waals surface area contributed by atoms with Crippen LogP contribution in [0.15, 0.2) is 24.3 Å². The van der Waals surface area contributed by atoms with Crippen molar-refractivity contribution in [2.24, 2.45) is 0 Å². The second-order valence-electron chi connectivity index (χ2n) is 5.33. The zero-order valence-corrected chi connectivity index (χ0v) is 11.8. The molecule has 2 unspecified atom stereocenters. The zero-order valence-electron chi connectivity index (χ0n) is 11.8. The van der Waals surface area contributed by atoms with Crippen LogP contribution in [-0.2, 0) is 11.2 Å². The summed E-state index contributed by atoms with van der Waals surface area (Å²) in [6, 6.07) is 7.69. The fourth-order valence-corrected chi connectivity index (χ4v) is 2.57. The molecule has 0 bridgehead atoms. The van der Waals surface area contributed by atoms with E-state index in [4.69, 9.17) is 5.11 Å². The quantitative estimate of drug-likeness (QED) is 0.887. The summed E-state index contributed by atoms with van der Waals surface area (Å²) in [7, 11) is 0. The van der Waals surface area contributed by atoms with Gasteiger partial charge in [-0.25, -0.2) is 4.79 Å². The van der Waals surface area contributed by atoms with Crippen LogP contribution in [0.5, 0.6) is 0 Å². The molecule has 0 saturated heterocycles.